The molecule has 0 aliphatic carbocycles. The molecule has 1 saturated heterocycles. The van der Waals surface area contributed by atoms with Crippen LogP contribution in [0.4, 0.5) is 0 Å². The summed E-state index contributed by atoms with van der Waals surface area (Å²) in [5.74, 6) is -0.0762. The van der Waals surface area contributed by atoms with E-state index < -0.39 is 6.04 Å². The van der Waals surface area contributed by atoms with Crippen molar-refractivity contribution in [2.45, 2.75) is 51.3 Å². The maximum Gasteiger partial charge on any atom is 0.236 e. The van der Waals surface area contributed by atoms with E-state index in [1.165, 1.54) is 0 Å². The van der Waals surface area contributed by atoms with Gasteiger partial charge in [-0.1, -0.05) is 0 Å². The monoisotopic (exact) mass is 200 g/mol. The van der Waals surface area contributed by atoms with Crippen molar-refractivity contribution in [1.29, 1.82) is 0 Å². The van der Waals surface area contributed by atoms with Crippen molar-refractivity contribution < 1.29 is 9.53 Å². The highest BCUT2D eigenvalue weighted by molar-refractivity contribution is 5.81. The molecule has 1 aliphatic heterocycles. The van der Waals surface area contributed by atoms with E-state index in [0.29, 0.717) is 6.61 Å². The second-order valence-electron chi connectivity index (χ2n) is 4.60. The van der Waals surface area contributed by atoms with Crippen molar-refractivity contribution in [3.63, 3.8) is 0 Å². The molecule has 4 nitrogen and oxygen atoms in total. The van der Waals surface area contributed by atoms with Gasteiger partial charge in [-0.15, -0.1) is 0 Å². The number of ether oxygens (including phenoxy) is 1. The van der Waals surface area contributed by atoms with Crippen molar-refractivity contribution in [2.75, 3.05) is 6.61 Å². The Kier molecular flexibility index (Phi) is 3.50. The largest absolute Gasteiger partial charge is 0.375 e. The molecule has 0 saturated carbocycles. The van der Waals surface area contributed by atoms with Gasteiger partial charge >= 0.3 is 0 Å². The van der Waals surface area contributed by atoms with Crippen LogP contribution in [0.1, 0.15) is 33.6 Å². The summed E-state index contributed by atoms with van der Waals surface area (Å²) in [6, 6.07) is -0.224. The van der Waals surface area contributed by atoms with Crippen LogP contribution >= 0.6 is 0 Å². The van der Waals surface area contributed by atoms with Gasteiger partial charge in [-0.3, -0.25) is 4.79 Å². The first kappa shape index (κ1) is 11.5. The summed E-state index contributed by atoms with van der Waals surface area (Å²) < 4.78 is 5.56. The fourth-order valence-electron chi connectivity index (χ4n) is 1.69. The Labute approximate surface area is 85.2 Å². The van der Waals surface area contributed by atoms with Crippen LogP contribution in [-0.4, -0.2) is 30.2 Å². The lowest BCUT2D eigenvalue weighted by Crippen LogP contribution is -2.49. The van der Waals surface area contributed by atoms with Gasteiger partial charge in [0.2, 0.25) is 5.91 Å². The van der Waals surface area contributed by atoms with Crippen LogP contribution in [0.3, 0.4) is 0 Å². The van der Waals surface area contributed by atoms with Crippen LogP contribution in [0, 0.1) is 0 Å². The third-order valence-electron chi connectivity index (χ3n) is 2.46. The van der Waals surface area contributed by atoms with Crippen molar-refractivity contribution >= 4 is 5.91 Å². The fourth-order valence-corrected chi connectivity index (χ4v) is 1.69. The Morgan fingerprint density at radius 1 is 1.64 bits per heavy atom. The van der Waals surface area contributed by atoms with Gasteiger partial charge in [0.25, 0.3) is 0 Å². The molecule has 82 valence electrons. The Balaban J connectivity index is 2.42. The van der Waals surface area contributed by atoms with Crippen molar-refractivity contribution in [1.82, 2.24) is 5.32 Å². The number of amides is 1. The number of carbonyl (C=O) groups excluding carboxylic acids is 1. The second-order valence-corrected chi connectivity index (χ2v) is 4.60. The van der Waals surface area contributed by atoms with E-state index in [1.807, 2.05) is 13.8 Å². The minimum atomic E-state index is -0.430. The normalized spacial score (nSPS) is 28.1. The highest BCUT2D eigenvalue weighted by Gasteiger charge is 2.29. The van der Waals surface area contributed by atoms with E-state index in [1.54, 1.807) is 6.92 Å². The number of hydrogen-bond donors (Lipinski definition) is 2. The molecule has 0 aromatic heterocycles. The van der Waals surface area contributed by atoms with Gasteiger partial charge in [0.1, 0.15) is 0 Å². The molecule has 0 radical (unpaired) electrons. The minimum absolute atomic E-state index is 0.0762. The van der Waals surface area contributed by atoms with Crippen LogP contribution in [0.25, 0.3) is 0 Å². The van der Waals surface area contributed by atoms with E-state index in [9.17, 15) is 4.79 Å². The molecule has 1 amide bonds. The van der Waals surface area contributed by atoms with E-state index in [2.05, 4.69) is 5.32 Å². The van der Waals surface area contributed by atoms with Gasteiger partial charge in [-0.2, -0.15) is 0 Å². The fraction of sp³-hybridized carbons (Fsp3) is 0.900. The van der Waals surface area contributed by atoms with Crippen molar-refractivity contribution in [3.8, 4) is 0 Å². The molecular formula is C10H20N2O2. The van der Waals surface area contributed by atoms with Crippen LogP contribution in [0.15, 0.2) is 0 Å². The topological polar surface area (TPSA) is 64.4 Å². The van der Waals surface area contributed by atoms with Crippen LogP contribution in [-0.2, 0) is 9.53 Å². The molecule has 0 aromatic rings. The highest BCUT2D eigenvalue weighted by atomic mass is 16.5. The van der Waals surface area contributed by atoms with Gasteiger partial charge in [0.15, 0.2) is 0 Å². The lowest BCUT2D eigenvalue weighted by Gasteiger charge is -2.36. The van der Waals surface area contributed by atoms with E-state index in [0.717, 1.165) is 12.8 Å². The molecule has 0 spiro atoms. The second kappa shape index (κ2) is 4.28. The summed E-state index contributed by atoms with van der Waals surface area (Å²) in [7, 11) is 0. The quantitative estimate of drug-likeness (QED) is 0.678. The molecule has 0 aromatic carbocycles. The van der Waals surface area contributed by atoms with Crippen LogP contribution in [0.2, 0.25) is 0 Å². The van der Waals surface area contributed by atoms with Gasteiger partial charge in [-0.05, 0) is 33.6 Å². The smallest absolute Gasteiger partial charge is 0.236 e. The molecule has 3 N–H and O–H groups in total. The number of nitrogens with two attached hydrogens (primary N) is 1. The standard InChI is InChI=1S/C10H20N2O2/c1-7(11)9(13)12-8-4-5-14-10(2,3)6-8/h7-8H,4-6,11H2,1-3H3,(H,12,13)/t7-,8?/m0/s1. The third-order valence-corrected chi connectivity index (χ3v) is 2.46. The van der Waals surface area contributed by atoms with E-state index in [-0.39, 0.29) is 17.6 Å². The summed E-state index contributed by atoms with van der Waals surface area (Å²) in [4.78, 5) is 11.3. The Hall–Kier alpha value is -0.610. The van der Waals surface area contributed by atoms with Crippen LogP contribution < -0.4 is 11.1 Å². The maximum absolute atomic E-state index is 11.3. The summed E-state index contributed by atoms with van der Waals surface area (Å²) in [6.07, 6.45) is 1.73. The molecular weight excluding hydrogens is 180 g/mol. The molecule has 1 unspecified atom stereocenters. The molecule has 1 heterocycles. The molecule has 1 aliphatic rings. The van der Waals surface area contributed by atoms with Gasteiger partial charge in [-0.25, -0.2) is 0 Å². The predicted octanol–water partition coefficient (Wildman–Crippen LogP) is 0.407. The molecule has 1 fully saturated rings. The lowest BCUT2D eigenvalue weighted by atomic mass is 9.94. The number of carbonyl (C=O) groups is 1. The first-order chi connectivity index (χ1) is 6.41. The minimum Gasteiger partial charge on any atom is -0.375 e. The first-order valence-corrected chi connectivity index (χ1v) is 5.11. The number of rotatable bonds is 2. The summed E-state index contributed by atoms with van der Waals surface area (Å²) in [6.45, 7) is 6.48. The summed E-state index contributed by atoms with van der Waals surface area (Å²) in [5, 5.41) is 2.93. The van der Waals surface area contributed by atoms with Crippen molar-refractivity contribution in [3.05, 3.63) is 0 Å². The molecule has 1 rings (SSSR count). The Morgan fingerprint density at radius 3 is 2.79 bits per heavy atom. The molecule has 0 bridgehead atoms. The number of hydrogen-bond acceptors (Lipinski definition) is 3. The Bertz CT molecular complexity index is 214. The SMILES string of the molecule is C[C@H](N)C(=O)NC1CCOC(C)(C)C1. The average Bonchev–Trinajstić information content (AvgIpc) is 2.01. The molecule has 14 heavy (non-hydrogen) atoms. The third kappa shape index (κ3) is 3.27. The zero-order chi connectivity index (χ0) is 10.8. The van der Waals surface area contributed by atoms with Gasteiger partial charge < -0.3 is 15.8 Å². The Morgan fingerprint density at radius 2 is 2.29 bits per heavy atom. The van der Waals surface area contributed by atoms with Crippen LogP contribution in [0.5, 0.6) is 0 Å². The average molecular weight is 200 g/mol. The maximum atomic E-state index is 11.3. The zero-order valence-electron chi connectivity index (χ0n) is 9.17. The van der Waals surface area contributed by atoms with E-state index in [4.69, 9.17) is 10.5 Å². The van der Waals surface area contributed by atoms with Crippen molar-refractivity contribution in [2.24, 2.45) is 5.73 Å². The number of nitrogens with one attached hydrogen (secondary N) is 1. The first-order valence-electron chi connectivity index (χ1n) is 5.11. The van der Waals surface area contributed by atoms with E-state index >= 15 is 0 Å². The predicted molar refractivity (Wildman–Crippen MR) is 54.8 cm³/mol. The van der Waals surface area contributed by atoms with Gasteiger partial charge in [0.05, 0.1) is 11.6 Å². The highest BCUT2D eigenvalue weighted by Crippen LogP contribution is 2.23. The van der Waals surface area contributed by atoms with Gasteiger partial charge in [0, 0.05) is 12.6 Å². The molecule has 4 heteroatoms. The lowest BCUT2D eigenvalue weighted by molar-refractivity contribution is -0.125. The summed E-state index contributed by atoms with van der Waals surface area (Å²) >= 11 is 0. The summed E-state index contributed by atoms with van der Waals surface area (Å²) in [5.41, 5.74) is 5.35. The zero-order valence-corrected chi connectivity index (χ0v) is 9.17. The molecule has 2 atom stereocenters.